The highest BCUT2D eigenvalue weighted by molar-refractivity contribution is 5.80. The molecule has 254 valence electrons. The van der Waals surface area contributed by atoms with Crippen LogP contribution in [-0.4, -0.2) is 155 Å². The van der Waals surface area contributed by atoms with E-state index in [-0.39, 0.29) is 39.1 Å². The van der Waals surface area contributed by atoms with Gasteiger partial charge in [-0.2, -0.15) is 0 Å². The summed E-state index contributed by atoms with van der Waals surface area (Å²) in [5.74, 6) is -1.77. The molecule has 13 atom stereocenters. The van der Waals surface area contributed by atoms with Crippen LogP contribution in [0.3, 0.4) is 0 Å². The Morgan fingerprint density at radius 2 is 1.80 bits per heavy atom. The first-order chi connectivity index (χ1) is 20.7. The SMILES string of the molecule is CN[C@@H]1[C@@H](O)[C@@H](O[C@@H]2[C@@H](O)[C@H](O[C@H]3OC(CNC[C@H](O)C(=O)O)=CC[C@H]3N)[C@@H](N)C[C@H]2NC(=O)[C@@H](O)CCN)OC[C@]1(C)O. The topological polar surface area (TPSA) is 307 Å². The maximum absolute atomic E-state index is 12.7. The number of nitrogens with one attached hydrogen (secondary N) is 3. The van der Waals surface area contributed by atoms with Crippen molar-refractivity contribution in [3.8, 4) is 0 Å². The fraction of sp³-hybridized carbons (Fsp3) is 0.846. The number of rotatable bonds is 14. The molecule has 0 aromatic rings. The van der Waals surface area contributed by atoms with E-state index in [1.54, 1.807) is 13.1 Å². The van der Waals surface area contributed by atoms with E-state index in [2.05, 4.69) is 16.0 Å². The van der Waals surface area contributed by atoms with Crippen LogP contribution in [0.2, 0.25) is 0 Å². The summed E-state index contributed by atoms with van der Waals surface area (Å²) in [6.45, 7) is 1.15. The van der Waals surface area contributed by atoms with Gasteiger partial charge in [-0.1, -0.05) is 0 Å². The van der Waals surface area contributed by atoms with Gasteiger partial charge in [-0.05, 0) is 45.9 Å². The van der Waals surface area contributed by atoms with Crippen LogP contribution in [0.25, 0.3) is 0 Å². The Hall–Kier alpha value is -2.04. The molecule has 0 aromatic carbocycles. The number of aliphatic hydroxyl groups excluding tert-OH is 4. The van der Waals surface area contributed by atoms with Crippen LogP contribution in [0.15, 0.2) is 11.8 Å². The van der Waals surface area contributed by atoms with E-state index in [1.165, 1.54) is 6.92 Å². The van der Waals surface area contributed by atoms with Crippen molar-refractivity contribution in [3.05, 3.63) is 11.8 Å². The van der Waals surface area contributed by atoms with Gasteiger partial charge in [0, 0.05) is 12.6 Å². The summed E-state index contributed by atoms with van der Waals surface area (Å²) in [4.78, 5) is 23.5. The predicted molar refractivity (Wildman–Crippen MR) is 151 cm³/mol. The van der Waals surface area contributed by atoms with E-state index in [0.717, 1.165) is 0 Å². The largest absolute Gasteiger partial charge is 0.479 e. The molecule has 0 spiro atoms. The molecule has 18 heteroatoms. The van der Waals surface area contributed by atoms with Crippen molar-refractivity contribution in [1.82, 2.24) is 16.0 Å². The number of hydrogen-bond acceptors (Lipinski definition) is 16. The predicted octanol–water partition coefficient (Wildman–Crippen LogP) is -5.91. The Balaban J connectivity index is 1.76. The van der Waals surface area contributed by atoms with Crippen molar-refractivity contribution in [2.75, 3.05) is 33.3 Å². The maximum atomic E-state index is 12.7. The van der Waals surface area contributed by atoms with Gasteiger partial charge >= 0.3 is 5.97 Å². The van der Waals surface area contributed by atoms with Gasteiger partial charge in [0.05, 0.1) is 31.3 Å². The zero-order valence-corrected chi connectivity index (χ0v) is 24.8. The van der Waals surface area contributed by atoms with Crippen molar-refractivity contribution in [2.24, 2.45) is 17.2 Å². The molecule has 0 aromatic heterocycles. The van der Waals surface area contributed by atoms with Crippen LogP contribution in [0.4, 0.5) is 0 Å². The molecule has 18 nitrogen and oxygen atoms in total. The number of ether oxygens (including phenoxy) is 4. The molecule has 1 amide bonds. The minimum absolute atomic E-state index is 0.00273. The Labute approximate surface area is 254 Å². The van der Waals surface area contributed by atoms with Crippen molar-refractivity contribution < 1.29 is 59.2 Å². The summed E-state index contributed by atoms with van der Waals surface area (Å²) in [5, 5.41) is 69.8. The van der Waals surface area contributed by atoms with Crippen molar-refractivity contribution in [1.29, 1.82) is 0 Å². The number of carbonyl (C=O) groups excluding carboxylic acids is 1. The summed E-state index contributed by atoms with van der Waals surface area (Å²) in [6, 6.07) is -3.39. The van der Waals surface area contributed by atoms with Gasteiger partial charge in [0.25, 0.3) is 0 Å². The van der Waals surface area contributed by atoms with Gasteiger partial charge in [0.15, 0.2) is 12.4 Å². The second kappa shape index (κ2) is 16.0. The average molecular weight is 637 g/mol. The molecule has 2 heterocycles. The minimum Gasteiger partial charge on any atom is -0.479 e. The molecular formula is C26H48N6O12. The number of aliphatic carboxylic acids is 1. The molecule has 1 saturated carbocycles. The van der Waals surface area contributed by atoms with Crippen LogP contribution in [0, 0.1) is 0 Å². The van der Waals surface area contributed by atoms with E-state index in [0.29, 0.717) is 12.2 Å². The van der Waals surface area contributed by atoms with Crippen molar-refractivity contribution in [2.45, 2.75) is 105 Å². The molecule has 3 rings (SSSR count). The number of hydrogen-bond donors (Lipinski definition) is 12. The molecule has 0 bridgehead atoms. The van der Waals surface area contributed by atoms with Gasteiger partial charge < -0.3 is 82.7 Å². The summed E-state index contributed by atoms with van der Waals surface area (Å²) in [6.07, 6.45) is -8.82. The third-order valence-electron chi connectivity index (χ3n) is 7.97. The average Bonchev–Trinajstić information content (AvgIpc) is 2.95. The first-order valence-electron chi connectivity index (χ1n) is 14.5. The van der Waals surface area contributed by atoms with Crippen LogP contribution in [0.5, 0.6) is 0 Å². The molecule has 3 aliphatic rings. The highest BCUT2D eigenvalue weighted by Gasteiger charge is 2.52. The van der Waals surface area contributed by atoms with E-state index in [9.17, 15) is 35.1 Å². The van der Waals surface area contributed by atoms with Gasteiger partial charge in [0.1, 0.15) is 41.9 Å². The standard InChI is InChI=1S/C26H48N6O12/c1-26(40)10-41-25(18(36)21(26)30-2)44-20-14(32-22(37)15(33)5-6-27)7-13(29)19(17(20)35)43-24-12(28)4-3-11(42-24)8-31-9-16(34)23(38)39/h3,12-21,24-25,30-31,33-36,40H,4-10,27-29H2,1-2H3,(H,32,37)(H,38,39)/t12-,13+,14-,15+,16+,17+,18-,19-,20+,21-,24-,25-,26+/m1/s1. The molecule has 0 radical (unpaired) electrons. The molecule has 1 aliphatic carbocycles. The summed E-state index contributed by atoms with van der Waals surface area (Å²) in [5.41, 5.74) is 16.6. The summed E-state index contributed by atoms with van der Waals surface area (Å²) < 4.78 is 23.6. The van der Waals surface area contributed by atoms with Crippen molar-refractivity contribution in [3.63, 3.8) is 0 Å². The van der Waals surface area contributed by atoms with Crippen LogP contribution in [0.1, 0.15) is 26.2 Å². The lowest BCUT2D eigenvalue weighted by atomic mass is 9.83. The molecular weight excluding hydrogens is 588 g/mol. The second-order valence-corrected chi connectivity index (χ2v) is 11.6. The quantitative estimate of drug-likeness (QED) is 0.0844. The Morgan fingerprint density at radius 3 is 2.43 bits per heavy atom. The van der Waals surface area contributed by atoms with Gasteiger partial charge in [-0.3, -0.25) is 4.79 Å². The fourth-order valence-corrected chi connectivity index (χ4v) is 5.51. The van der Waals surface area contributed by atoms with Crippen LogP contribution >= 0.6 is 0 Å². The maximum Gasteiger partial charge on any atom is 0.333 e. The van der Waals surface area contributed by atoms with E-state index >= 15 is 0 Å². The lowest BCUT2D eigenvalue weighted by molar-refractivity contribution is -0.304. The van der Waals surface area contributed by atoms with E-state index < -0.39 is 90.8 Å². The summed E-state index contributed by atoms with van der Waals surface area (Å²) in [7, 11) is 1.55. The number of carboxylic acids is 1. The zero-order chi connectivity index (χ0) is 32.8. The van der Waals surface area contributed by atoms with E-state index in [4.69, 9.17) is 41.3 Å². The number of amides is 1. The molecule has 2 aliphatic heterocycles. The normalized spacial score (nSPS) is 39.1. The monoisotopic (exact) mass is 636 g/mol. The first kappa shape index (κ1) is 36.4. The number of likely N-dealkylation sites (N-methyl/N-ethyl adjacent to an activating group) is 1. The Kier molecular flexibility index (Phi) is 13.2. The van der Waals surface area contributed by atoms with Crippen molar-refractivity contribution >= 4 is 11.9 Å². The lowest BCUT2D eigenvalue weighted by Gasteiger charge is -2.48. The van der Waals surface area contributed by atoms with Crippen LogP contribution < -0.4 is 33.2 Å². The molecule has 2 fully saturated rings. The van der Waals surface area contributed by atoms with Gasteiger partial charge in [-0.15, -0.1) is 0 Å². The summed E-state index contributed by atoms with van der Waals surface area (Å²) >= 11 is 0. The molecule has 1 saturated heterocycles. The van der Waals surface area contributed by atoms with Gasteiger partial charge in [-0.25, -0.2) is 4.79 Å². The third-order valence-corrected chi connectivity index (χ3v) is 7.97. The minimum atomic E-state index is -1.60. The lowest BCUT2D eigenvalue weighted by Crippen LogP contribution is -2.69. The highest BCUT2D eigenvalue weighted by Crippen LogP contribution is 2.32. The number of carbonyl (C=O) groups is 2. The van der Waals surface area contributed by atoms with Gasteiger partial charge in [0.2, 0.25) is 12.2 Å². The fourth-order valence-electron chi connectivity index (χ4n) is 5.51. The number of aliphatic hydroxyl groups is 5. The molecule has 0 unspecified atom stereocenters. The third kappa shape index (κ3) is 9.03. The van der Waals surface area contributed by atoms with Crippen LogP contribution in [-0.2, 0) is 28.5 Å². The highest BCUT2D eigenvalue weighted by atomic mass is 16.7. The smallest absolute Gasteiger partial charge is 0.333 e. The number of carboxylic acid groups (broad SMARTS) is 1. The number of nitrogens with two attached hydrogens (primary N) is 3. The molecule has 15 N–H and O–H groups in total. The zero-order valence-electron chi connectivity index (χ0n) is 24.8. The van der Waals surface area contributed by atoms with E-state index in [1.807, 2.05) is 0 Å². The Morgan fingerprint density at radius 1 is 1.11 bits per heavy atom. The first-order valence-corrected chi connectivity index (χ1v) is 14.5. The molecule has 44 heavy (non-hydrogen) atoms. The Bertz CT molecular complexity index is 991. The second-order valence-electron chi connectivity index (χ2n) is 11.6.